The van der Waals surface area contributed by atoms with Gasteiger partial charge in [0, 0.05) is 0 Å². The van der Waals surface area contributed by atoms with Gasteiger partial charge in [-0.2, -0.15) is 5.10 Å². The number of nitrogens with zero attached hydrogens (tertiary/aromatic N) is 2. The van der Waals surface area contributed by atoms with E-state index in [9.17, 15) is 4.79 Å². The summed E-state index contributed by atoms with van der Waals surface area (Å²) in [5, 5.41) is 11.1. The Balaban J connectivity index is 1.98. The van der Waals surface area contributed by atoms with Gasteiger partial charge in [0.15, 0.2) is 5.17 Å². The molecular formula is C12H13N3OS. The largest absolute Gasteiger partial charge is 0.303 e. The number of amidine groups is 1. The molecule has 0 radical (unpaired) electrons. The molecule has 17 heavy (non-hydrogen) atoms. The molecular weight excluding hydrogens is 234 g/mol. The standard InChI is InChI=1S/C12H13N3OS/c1-2-9-3-5-10(6-4-9)7-13-15-12-14-11(16)8-17-12/h3-7H,2,8H2,1H3,(H,14,15,16). The summed E-state index contributed by atoms with van der Waals surface area (Å²) in [6.07, 6.45) is 2.71. The molecule has 0 spiro atoms. The fourth-order valence-electron chi connectivity index (χ4n) is 1.37. The number of hydrogen-bond donors (Lipinski definition) is 1. The van der Waals surface area contributed by atoms with Crippen molar-refractivity contribution in [1.82, 2.24) is 5.32 Å². The Morgan fingerprint density at radius 3 is 2.76 bits per heavy atom. The van der Waals surface area contributed by atoms with E-state index in [0.29, 0.717) is 10.9 Å². The molecule has 0 bridgehead atoms. The zero-order chi connectivity index (χ0) is 12.1. The van der Waals surface area contributed by atoms with Gasteiger partial charge in [-0.3, -0.25) is 4.79 Å². The third kappa shape index (κ3) is 3.42. The highest BCUT2D eigenvalue weighted by molar-refractivity contribution is 8.15. The van der Waals surface area contributed by atoms with Crippen LogP contribution < -0.4 is 5.32 Å². The van der Waals surface area contributed by atoms with Gasteiger partial charge in [-0.1, -0.05) is 43.0 Å². The van der Waals surface area contributed by atoms with E-state index in [1.54, 1.807) is 6.21 Å². The first-order chi connectivity index (χ1) is 8.28. The molecule has 1 heterocycles. The fraction of sp³-hybridized carbons (Fsp3) is 0.250. The maximum absolute atomic E-state index is 10.9. The van der Waals surface area contributed by atoms with Crippen molar-refractivity contribution in [3.63, 3.8) is 0 Å². The number of rotatable bonds is 3. The van der Waals surface area contributed by atoms with Crippen molar-refractivity contribution in [2.24, 2.45) is 10.2 Å². The van der Waals surface area contributed by atoms with Crippen LogP contribution in [0.2, 0.25) is 0 Å². The van der Waals surface area contributed by atoms with Crippen molar-refractivity contribution in [2.75, 3.05) is 5.75 Å². The van der Waals surface area contributed by atoms with Crippen LogP contribution in [-0.2, 0) is 11.2 Å². The number of carbonyl (C=O) groups excluding carboxylic acids is 1. The zero-order valence-corrected chi connectivity index (χ0v) is 10.3. The van der Waals surface area contributed by atoms with E-state index in [-0.39, 0.29) is 5.91 Å². The lowest BCUT2D eigenvalue weighted by atomic mass is 10.1. The SMILES string of the molecule is CCc1ccc(C=NN=C2NC(=O)CS2)cc1. The van der Waals surface area contributed by atoms with Gasteiger partial charge < -0.3 is 5.32 Å². The Morgan fingerprint density at radius 2 is 2.18 bits per heavy atom. The van der Waals surface area contributed by atoms with E-state index in [4.69, 9.17) is 0 Å². The van der Waals surface area contributed by atoms with Crippen molar-refractivity contribution in [3.8, 4) is 0 Å². The van der Waals surface area contributed by atoms with Crippen molar-refractivity contribution in [3.05, 3.63) is 35.4 Å². The van der Waals surface area contributed by atoms with Crippen LogP contribution in [0.15, 0.2) is 34.5 Å². The molecule has 4 nitrogen and oxygen atoms in total. The molecule has 0 aromatic heterocycles. The molecule has 1 aromatic rings. The monoisotopic (exact) mass is 247 g/mol. The van der Waals surface area contributed by atoms with Crippen molar-refractivity contribution >= 4 is 29.1 Å². The second-order valence-corrected chi connectivity index (χ2v) is 4.55. The van der Waals surface area contributed by atoms with Crippen LogP contribution in [0.3, 0.4) is 0 Å². The molecule has 1 N–H and O–H groups in total. The molecule has 1 aliphatic heterocycles. The minimum absolute atomic E-state index is 0.0174. The zero-order valence-electron chi connectivity index (χ0n) is 9.51. The fourth-order valence-corrected chi connectivity index (χ4v) is 2.00. The first-order valence-corrected chi connectivity index (χ1v) is 6.39. The number of amides is 1. The minimum Gasteiger partial charge on any atom is -0.303 e. The van der Waals surface area contributed by atoms with Gasteiger partial charge in [0.05, 0.1) is 12.0 Å². The number of carbonyl (C=O) groups is 1. The summed E-state index contributed by atoms with van der Waals surface area (Å²) in [5.41, 5.74) is 2.30. The lowest BCUT2D eigenvalue weighted by molar-refractivity contribution is -0.116. The molecule has 2 rings (SSSR count). The number of thioether (sulfide) groups is 1. The smallest absolute Gasteiger partial charge is 0.236 e. The maximum Gasteiger partial charge on any atom is 0.236 e. The van der Waals surface area contributed by atoms with Gasteiger partial charge in [-0.25, -0.2) is 0 Å². The van der Waals surface area contributed by atoms with E-state index < -0.39 is 0 Å². The second kappa shape index (κ2) is 5.63. The van der Waals surface area contributed by atoms with Gasteiger partial charge in [0.2, 0.25) is 5.91 Å². The van der Waals surface area contributed by atoms with Crippen LogP contribution in [0.4, 0.5) is 0 Å². The summed E-state index contributed by atoms with van der Waals surface area (Å²) < 4.78 is 0. The van der Waals surface area contributed by atoms with Crippen LogP contribution in [-0.4, -0.2) is 23.0 Å². The highest BCUT2D eigenvalue weighted by Crippen LogP contribution is 2.08. The molecule has 1 amide bonds. The van der Waals surface area contributed by atoms with Gasteiger partial charge in [0.1, 0.15) is 0 Å². The third-order valence-electron chi connectivity index (χ3n) is 2.33. The highest BCUT2D eigenvalue weighted by Gasteiger charge is 2.15. The van der Waals surface area contributed by atoms with E-state index in [1.807, 2.05) is 12.1 Å². The molecule has 0 unspecified atom stereocenters. The predicted octanol–water partition coefficient (Wildman–Crippen LogP) is 1.80. The van der Waals surface area contributed by atoms with E-state index >= 15 is 0 Å². The lowest BCUT2D eigenvalue weighted by Crippen LogP contribution is -2.19. The van der Waals surface area contributed by atoms with Gasteiger partial charge >= 0.3 is 0 Å². The quantitative estimate of drug-likeness (QED) is 0.654. The van der Waals surface area contributed by atoms with Gasteiger partial charge in [0.25, 0.3) is 0 Å². The normalized spacial score (nSPS) is 17.9. The molecule has 0 saturated carbocycles. The van der Waals surface area contributed by atoms with Crippen molar-refractivity contribution in [1.29, 1.82) is 0 Å². The third-order valence-corrected chi connectivity index (χ3v) is 3.19. The molecule has 5 heteroatoms. The van der Waals surface area contributed by atoms with Gasteiger partial charge in [-0.05, 0) is 17.5 Å². The number of nitrogens with one attached hydrogen (secondary N) is 1. The molecule has 1 aliphatic rings. The first kappa shape index (κ1) is 11.9. The summed E-state index contributed by atoms with van der Waals surface area (Å²) >= 11 is 1.37. The van der Waals surface area contributed by atoms with E-state index in [2.05, 4.69) is 34.6 Å². The molecule has 0 aliphatic carbocycles. The first-order valence-electron chi connectivity index (χ1n) is 5.40. The van der Waals surface area contributed by atoms with Crippen LogP contribution in [0, 0.1) is 0 Å². The molecule has 1 aromatic carbocycles. The number of aryl methyl sites for hydroxylation is 1. The van der Waals surface area contributed by atoms with Crippen LogP contribution >= 0.6 is 11.8 Å². The number of benzene rings is 1. The summed E-state index contributed by atoms with van der Waals surface area (Å²) in [5.74, 6) is 0.413. The summed E-state index contributed by atoms with van der Waals surface area (Å²) in [4.78, 5) is 10.9. The molecule has 1 saturated heterocycles. The Bertz CT molecular complexity index is 465. The van der Waals surface area contributed by atoms with Crippen LogP contribution in [0.1, 0.15) is 18.1 Å². The minimum atomic E-state index is -0.0174. The van der Waals surface area contributed by atoms with Crippen molar-refractivity contribution < 1.29 is 4.79 Å². The molecule has 88 valence electrons. The average Bonchev–Trinajstić information content (AvgIpc) is 2.76. The average molecular weight is 247 g/mol. The Hall–Kier alpha value is -1.62. The van der Waals surface area contributed by atoms with Crippen LogP contribution in [0.5, 0.6) is 0 Å². The summed E-state index contributed by atoms with van der Waals surface area (Å²) in [6, 6.07) is 8.15. The number of hydrogen-bond acceptors (Lipinski definition) is 4. The van der Waals surface area contributed by atoms with E-state index in [0.717, 1.165) is 12.0 Å². The molecule has 0 atom stereocenters. The van der Waals surface area contributed by atoms with Crippen LogP contribution in [0.25, 0.3) is 0 Å². The lowest BCUT2D eigenvalue weighted by Gasteiger charge is -1.96. The summed E-state index contributed by atoms with van der Waals surface area (Å²) in [6.45, 7) is 2.12. The highest BCUT2D eigenvalue weighted by atomic mass is 32.2. The van der Waals surface area contributed by atoms with Crippen molar-refractivity contribution in [2.45, 2.75) is 13.3 Å². The maximum atomic E-state index is 10.9. The summed E-state index contributed by atoms with van der Waals surface area (Å²) in [7, 11) is 0. The Morgan fingerprint density at radius 1 is 1.41 bits per heavy atom. The molecule has 1 fully saturated rings. The topological polar surface area (TPSA) is 53.8 Å². The Labute approximate surface area is 104 Å². The second-order valence-electron chi connectivity index (χ2n) is 3.58. The van der Waals surface area contributed by atoms with Gasteiger partial charge in [-0.15, -0.1) is 5.10 Å². The Kier molecular flexibility index (Phi) is 3.93. The van der Waals surface area contributed by atoms with E-state index in [1.165, 1.54) is 17.3 Å². The predicted molar refractivity (Wildman–Crippen MR) is 71.4 cm³/mol.